The summed E-state index contributed by atoms with van der Waals surface area (Å²) in [6, 6.07) is 19.7. The van der Waals surface area contributed by atoms with Crippen molar-refractivity contribution in [1.82, 2.24) is 15.2 Å². The van der Waals surface area contributed by atoms with Crippen molar-refractivity contribution in [2.24, 2.45) is 0 Å². The third-order valence-corrected chi connectivity index (χ3v) is 10.6. The fourth-order valence-electron chi connectivity index (χ4n) is 7.33. The van der Waals surface area contributed by atoms with Crippen LogP contribution in [0, 0.1) is 0 Å². The molecule has 1 saturated heterocycles. The van der Waals surface area contributed by atoms with Crippen molar-refractivity contribution in [3.8, 4) is 11.3 Å². The van der Waals surface area contributed by atoms with Gasteiger partial charge in [0.15, 0.2) is 0 Å². The number of likely N-dealkylation sites (tertiary alicyclic amines) is 1. The van der Waals surface area contributed by atoms with Crippen LogP contribution in [0.4, 0.5) is 10.5 Å². The molecule has 2 amide bonds. The number of benzene rings is 2. The molecule has 0 radical (unpaired) electrons. The van der Waals surface area contributed by atoms with Crippen LogP contribution in [-0.4, -0.2) is 52.5 Å². The van der Waals surface area contributed by atoms with E-state index in [1.807, 2.05) is 16.7 Å². The number of nitrogens with one attached hydrogen (secondary N) is 1. The molecule has 7 rings (SSSR count). The van der Waals surface area contributed by atoms with E-state index in [-0.39, 0.29) is 17.6 Å². The zero-order valence-corrected chi connectivity index (χ0v) is 25.5. The highest BCUT2D eigenvalue weighted by Gasteiger charge is 2.48. The monoisotopic (exact) mass is 582 g/mol. The van der Waals surface area contributed by atoms with E-state index in [1.54, 1.807) is 0 Å². The molecule has 3 aromatic rings. The van der Waals surface area contributed by atoms with E-state index in [1.165, 1.54) is 47.3 Å². The van der Waals surface area contributed by atoms with E-state index >= 15 is 0 Å². The first-order valence-electron chi connectivity index (χ1n) is 15.8. The fourth-order valence-corrected chi connectivity index (χ4v) is 7.99. The molecule has 2 aromatic carbocycles. The molecule has 1 atom stereocenters. The summed E-state index contributed by atoms with van der Waals surface area (Å²) in [5.41, 5.74) is 8.13. The average molecular weight is 583 g/mol. The number of hydrogen-bond donors (Lipinski definition) is 2. The highest BCUT2D eigenvalue weighted by Crippen LogP contribution is 2.51. The number of hydrogen-bond acceptors (Lipinski definition) is 5. The molecule has 1 spiro atoms. The number of anilines is 1. The maximum absolute atomic E-state index is 13.6. The van der Waals surface area contributed by atoms with Crippen molar-refractivity contribution < 1.29 is 9.90 Å². The molecule has 42 heavy (non-hydrogen) atoms. The Morgan fingerprint density at radius 2 is 1.83 bits per heavy atom. The Balaban J connectivity index is 1.15. The van der Waals surface area contributed by atoms with E-state index in [2.05, 4.69) is 71.7 Å². The van der Waals surface area contributed by atoms with Crippen molar-refractivity contribution >= 4 is 23.5 Å². The van der Waals surface area contributed by atoms with Crippen molar-refractivity contribution in [2.45, 2.75) is 87.3 Å². The molecular formula is C35H42N4O2S. The Bertz CT molecular complexity index is 1450. The van der Waals surface area contributed by atoms with Crippen molar-refractivity contribution in [3.05, 3.63) is 77.0 Å². The number of carbonyl (C=O) groups is 1. The molecule has 1 aromatic heterocycles. The van der Waals surface area contributed by atoms with Gasteiger partial charge in [-0.2, -0.15) is 0 Å². The van der Waals surface area contributed by atoms with Gasteiger partial charge in [0.05, 0.1) is 23.2 Å². The van der Waals surface area contributed by atoms with Gasteiger partial charge in [-0.15, -0.1) is 11.8 Å². The maximum atomic E-state index is 13.6. The third kappa shape index (κ3) is 5.59. The first-order valence-corrected chi connectivity index (χ1v) is 16.8. The van der Waals surface area contributed by atoms with Crippen LogP contribution >= 0.6 is 11.8 Å². The Morgan fingerprint density at radius 3 is 2.55 bits per heavy atom. The van der Waals surface area contributed by atoms with Gasteiger partial charge in [0.25, 0.3) is 0 Å². The molecule has 3 fully saturated rings. The number of nitrogens with zero attached hydrogens (tertiary/aromatic N) is 3. The minimum atomic E-state index is -0.207. The smallest absolute Gasteiger partial charge is 0.322 e. The largest absolute Gasteiger partial charge is 0.392 e. The number of urea groups is 1. The van der Waals surface area contributed by atoms with Crippen LogP contribution in [0.5, 0.6) is 0 Å². The van der Waals surface area contributed by atoms with Gasteiger partial charge in [0.2, 0.25) is 0 Å². The van der Waals surface area contributed by atoms with E-state index in [4.69, 9.17) is 4.98 Å². The molecule has 7 heteroatoms. The predicted molar refractivity (Wildman–Crippen MR) is 170 cm³/mol. The molecule has 4 aliphatic rings. The minimum absolute atomic E-state index is 0.0324. The van der Waals surface area contributed by atoms with Crippen LogP contribution in [0.2, 0.25) is 0 Å². The summed E-state index contributed by atoms with van der Waals surface area (Å²) in [5, 5.41) is 13.2. The van der Waals surface area contributed by atoms with Crippen LogP contribution in [0.3, 0.4) is 0 Å². The summed E-state index contributed by atoms with van der Waals surface area (Å²) >= 11 is 1.83. The third-order valence-electron chi connectivity index (χ3n) is 9.68. The second-order valence-corrected chi connectivity index (χ2v) is 14.1. The van der Waals surface area contributed by atoms with Gasteiger partial charge in [-0.25, -0.2) is 9.78 Å². The van der Waals surface area contributed by atoms with Crippen molar-refractivity contribution in [2.75, 3.05) is 30.3 Å². The number of aliphatic hydroxyl groups is 1. The van der Waals surface area contributed by atoms with Gasteiger partial charge in [-0.3, -0.25) is 9.80 Å². The van der Waals surface area contributed by atoms with Crippen LogP contribution in [-0.2, 0) is 18.5 Å². The Morgan fingerprint density at radius 1 is 1.05 bits per heavy atom. The van der Waals surface area contributed by atoms with Gasteiger partial charge in [-0.05, 0) is 90.8 Å². The van der Waals surface area contributed by atoms with Crippen molar-refractivity contribution in [3.63, 3.8) is 0 Å². The molecule has 2 aliphatic heterocycles. The molecule has 2 N–H and O–H groups in total. The zero-order valence-electron chi connectivity index (χ0n) is 24.6. The lowest BCUT2D eigenvalue weighted by atomic mass is 9.84. The second kappa shape index (κ2) is 11.7. The number of carbonyl (C=O) groups excluding carboxylic acids is 1. The summed E-state index contributed by atoms with van der Waals surface area (Å²) in [7, 11) is 0. The minimum Gasteiger partial charge on any atom is -0.392 e. The fraction of sp³-hybridized carbons (Fsp3) is 0.486. The summed E-state index contributed by atoms with van der Waals surface area (Å²) in [6.45, 7) is 5.95. The highest BCUT2D eigenvalue weighted by atomic mass is 32.2. The van der Waals surface area contributed by atoms with Crippen molar-refractivity contribution in [1.29, 1.82) is 0 Å². The van der Waals surface area contributed by atoms with E-state index in [0.29, 0.717) is 19.0 Å². The molecule has 1 unspecified atom stereocenters. The molecular weight excluding hydrogens is 540 g/mol. The van der Waals surface area contributed by atoms with Crippen LogP contribution in [0.15, 0.2) is 59.5 Å². The van der Waals surface area contributed by atoms with Gasteiger partial charge in [0, 0.05) is 48.6 Å². The van der Waals surface area contributed by atoms with Crippen LogP contribution in [0.1, 0.15) is 80.2 Å². The number of aliphatic hydroxyl groups excluding tert-OH is 1. The van der Waals surface area contributed by atoms with Gasteiger partial charge < -0.3 is 10.4 Å². The summed E-state index contributed by atoms with van der Waals surface area (Å²) in [5.74, 6) is 1.67. The number of rotatable bonds is 8. The standard InChI is InChI=1S/C35H42N4O2S/c1-2-42-28-10-5-24(6-11-28)20-36-34(41)39-23-35(16-3-4-17-35)33-32(39)14-13-31(37-33)30-19-25(7-12-29(30)26-8-9-26)21-38-18-15-27(40)22-38/h5-7,10-14,19,26-27,40H,2-4,8-9,15-18,20-23H2,1H3,(H,36,41). The Hall–Kier alpha value is -2.87. The van der Waals surface area contributed by atoms with Crippen LogP contribution in [0.25, 0.3) is 11.3 Å². The molecule has 0 bridgehead atoms. The molecule has 2 saturated carbocycles. The van der Waals surface area contributed by atoms with E-state index in [9.17, 15) is 9.90 Å². The molecule has 2 aliphatic carbocycles. The SMILES string of the molecule is CCSc1ccc(CNC(=O)N2CC3(CCCC3)c3nc(-c4cc(CN5CCC(O)C5)ccc4C4CC4)ccc32)cc1. The molecule has 6 nitrogen and oxygen atoms in total. The summed E-state index contributed by atoms with van der Waals surface area (Å²) in [4.78, 5) is 24.6. The highest BCUT2D eigenvalue weighted by molar-refractivity contribution is 7.99. The first-order chi connectivity index (χ1) is 20.5. The number of aromatic nitrogens is 1. The number of thioether (sulfide) groups is 1. The number of amides is 2. The molecule has 220 valence electrons. The first kappa shape index (κ1) is 27.9. The van der Waals surface area contributed by atoms with Gasteiger partial charge in [0.1, 0.15) is 0 Å². The van der Waals surface area contributed by atoms with Gasteiger partial charge in [-0.1, -0.05) is 44.0 Å². The van der Waals surface area contributed by atoms with E-state index in [0.717, 1.165) is 67.3 Å². The lowest BCUT2D eigenvalue weighted by Gasteiger charge is -2.24. The molecule has 3 heterocycles. The van der Waals surface area contributed by atoms with E-state index < -0.39 is 0 Å². The number of β-amino-alcohol motifs (C(OH)–C–C–N with tert-alkyl or cyclic N) is 1. The number of fused-ring (bicyclic) bond motifs is 2. The van der Waals surface area contributed by atoms with Crippen LogP contribution < -0.4 is 10.2 Å². The second-order valence-electron chi connectivity index (χ2n) is 12.7. The number of pyridine rings is 1. The summed E-state index contributed by atoms with van der Waals surface area (Å²) in [6.07, 6.45) is 7.69. The average Bonchev–Trinajstić information content (AvgIpc) is 3.46. The lowest BCUT2D eigenvalue weighted by molar-refractivity contribution is 0.175. The quantitative estimate of drug-likeness (QED) is 0.285. The normalized spacial score (nSPS) is 21.3. The maximum Gasteiger partial charge on any atom is 0.322 e. The predicted octanol–water partition coefficient (Wildman–Crippen LogP) is 6.85. The Kier molecular flexibility index (Phi) is 7.76. The topological polar surface area (TPSA) is 68.7 Å². The Labute approximate surface area is 253 Å². The van der Waals surface area contributed by atoms with Gasteiger partial charge >= 0.3 is 6.03 Å². The lowest BCUT2D eigenvalue weighted by Crippen LogP contribution is -2.41. The summed E-state index contributed by atoms with van der Waals surface area (Å²) < 4.78 is 0. The zero-order chi connectivity index (χ0) is 28.7.